The summed E-state index contributed by atoms with van der Waals surface area (Å²) in [6.45, 7) is 11.4. The van der Waals surface area contributed by atoms with Crippen molar-refractivity contribution in [3.63, 3.8) is 0 Å². The molecule has 1 fully saturated rings. The normalized spacial score (nSPS) is 19.0. The Labute approximate surface area is 309 Å². The Morgan fingerprint density at radius 2 is 1.25 bits per heavy atom. The number of rotatable bonds is 28. The van der Waals surface area contributed by atoms with Gasteiger partial charge in [0.25, 0.3) is 0 Å². The van der Waals surface area contributed by atoms with Crippen LogP contribution in [-0.4, -0.2) is 69.5 Å². The maximum atomic E-state index is 11.9. The van der Waals surface area contributed by atoms with Gasteiger partial charge in [-0.25, -0.2) is 9.78 Å². The summed E-state index contributed by atoms with van der Waals surface area (Å²) in [5, 5.41) is 12.7. The molecule has 255 valence electrons. The SMILES string of the molecule is C[CH-]C.[B]C1OC([CH2-])C(OOCCOCCNC(=O)CCCCCCCCCCCCCCCCCCCCC)C1O.[U+2].[V]. The second-order valence-electron chi connectivity index (χ2n) is 11.7. The summed E-state index contributed by atoms with van der Waals surface area (Å²) in [7, 11) is 5.56. The number of hydrogen-bond donors (Lipinski definition) is 2. The maximum Gasteiger partial charge on any atom is 2.00 e. The van der Waals surface area contributed by atoms with Crippen LogP contribution in [0.5, 0.6) is 0 Å². The zero-order chi connectivity index (χ0) is 31.1. The molecule has 3 radical (unpaired) electrons. The predicted molar refractivity (Wildman–Crippen MR) is 174 cm³/mol. The molecule has 1 aliphatic rings. The third kappa shape index (κ3) is 31.6. The summed E-state index contributed by atoms with van der Waals surface area (Å²) in [6, 6.07) is -0.820. The van der Waals surface area contributed by atoms with Crippen LogP contribution in [-0.2, 0) is 42.6 Å². The Morgan fingerprint density at radius 3 is 1.66 bits per heavy atom. The molecular formula is C34H66BNO6UV. The summed E-state index contributed by atoms with van der Waals surface area (Å²) in [5.74, 6) is 0.0817. The molecule has 4 unspecified atom stereocenters. The van der Waals surface area contributed by atoms with E-state index in [4.69, 9.17) is 27.1 Å². The molecular weight excluding hydrogens is 818 g/mol. The number of aliphatic hydroxyl groups excluding tert-OH is 1. The fraction of sp³-hybridized carbons (Fsp3) is 0.912. The van der Waals surface area contributed by atoms with Gasteiger partial charge in [-0.3, -0.25) is 4.79 Å². The monoisotopic (exact) mass is 884 g/mol. The number of aliphatic hydroxyl groups is 1. The van der Waals surface area contributed by atoms with Crippen LogP contribution in [0.15, 0.2) is 0 Å². The third-order valence-electron chi connectivity index (χ3n) is 7.44. The van der Waals surface area contributed by atoms with Crippen molar-refractivity contribution < 1.29 is 78.8 Å². The maximum absolute atomic E-state index is 11.9. The van der Waals surface area contributed by atoms with Gasteiger partial charge < -0.3 is 33.2 Å². The van der Waals surface area contributed by atoms with Crippen molar-refractivity contribution in [2.75, 3.05) is 26.4 Å². The van der Waals surface area contributed by atoms with E-state index in [0.29, 0.717) is 26.2 Å². The number of ether oxygens (including phenoxy) is 2. The molecule has 10 heteroatoms. The van der Waals surface area contributed by atoms with E-state index in [0.717, 1.165) is 12.8 Å². The molecule has 0 aromatic rings. The largest absolute Gasteiger partial charge is 2.00 e. The average molecular weight is 885 g/mol. The Kier molecular flexibility index (Phi) is 43.1. The van der Waals surface area contributed by atoms with E-state index in [1.165, 1.54) is 109 Å². The van der Waals surface area contributed by atoms with Gasteiger partial charge in [0.05, 0.1) is 13.2 Å². The van der Waals surface area contributed by atoms with Crippen molar-refractivity contribution in [1.29, 1.82) is 0 Å². The van der Waals surface area contributed by atoms with Gasteiger partial charge in [0.2, 0.25) is 5.91 Å². The van der Waals surface area contributed by atoms with E-state index in [1.54, 1.807) is 0 Å². The number of carbonyl (C=O) groups is 1. The van der Waals surface area contributed by atoms with Gasteiger partial charge in [0.1, 0.15) is 26.7 Å². The average Bonchev–Trinajstić information content (AvgIpc) is 3.21. The quantitative estimate of drug-likeness (QED) is 0.0278. The Bertz CT molecular complexity index is 584. The van der Waals surface area contributed by atoms with Crippen LogP contribution >= 0.6 is 0 Å². The smallest absolute Gasteiger partial charge is 0.411 e. The fourth-order valence-corrected chi connectivity index (χ4v) is 4.92. The molecule has 7 nitrogen and oxygen atoms in total. The minimum atomic E-state index is -0.974. The van der Waals surface area contributed by atoms with Crippen LogP contribution in [0, 0.1) is 44.5 Å². The molecule has 0 spiro atoms. The van der Waals surface area contributed by atoms with E-state index in [9.17, 15) is 9.90 Å². The van der Waals surface area contributed by atoms with Crippen LogP contribution < -0.4 is 5.32 Å². The van der Waals surface area contributed by atoms with Crippen molar-refractivity contribution in [1.82, 2.24) is 5.32 Å². The summed E-state index contributed by atoms with van der Waals surface area (Å²) < 4.78 is 10.6. The number of hydrogen-bond acceptors (Lipinski definition) is 6. The van der Waals surface area contributed by atoms with E-state index in [-0.39, 0.29) is 62.2 Å². The molecule has 0 aromatic heterocycles. The molecule has 1 amide bonds. The minimum Gasteiger partial charge on any atom is -0.411 e. The van der Waals surface area contributed by atoms with Crippen molar-refractivity contribution in [3.05, 3.63) is 13.3 Å². The molecule has 0 saturated carbocycles. The Balaban J connectivity index is -0.00000322. The Hall–Kier alpha value is 0.971. The van der Waals surface area contributed by atoms with Crippen LogP contribution in [0.3, 0.4) is 0 Å². The van der Waals surface area contributed by atoms with Gasteiger partial charge in [-0.2, -0.15) is 13.8 Å². The number of amides is 1. The standard InChI is InChI=1S/C31H59BNO6.C3H7.U.V/c1-3-4-5-6-7-8-9-10-11-12-13-14-15-16-17-18-19-20-21-22-28(34)33-23-24-36-25-26-37-39-30-27(2)38-31(32)29(30)35;1-3-2;;/h27,29-31,35H,2-26H2,1H3,(H,33,34);3H,1-2H3;;/q2*-1;+2;. The van der Waals surface area contributed by atoms with Gasteiger partial charge in [0, 0.05) is 37.5 Å². The molecule has 0 aromatic carbocycles. The molecule has 0 aliphatic carbocycles. The van der Waals surface area contributed by atoms with Gasteiger partial charge in [-0.1, -0.05) is 122 Å². The molecule has 1 rings (SSSR count). The fourth-order valence-electron chi connectivity index (χ4n) is 4.92. The van der Waals surface area contributed by atoms with Crippen LogP contribution in [0.1, 0.15) is 149 Å². The predicted octanol–water partition coefficient (Wildman–Crippen LogP) is 7.57. The van der Waals surface area contributed by atoms with Crippen LogP contribution in [0.2, 0.25) is 0 Å². The van der Waals surface area contributed by atoms with Crippen molar-refractivity contribution >= 4 is 13.8 Å². The summed E-state index contributed by atoms with van der Waals surface area (Å²) in [4.78, 5) is 22.1. The zero-order valence-corrected chi connectivity index (χ0v) is 34.1. The molecule has 1 aliphatic heterocycles. The summed E-state index contributed by atoms with van der Waals surface area (Å²) in [5.41, 5.74) is 0. The first-order chi connectivity index (χ1) is 20.5. The minimum absolute atomic E-state index is 0. The second kappa shape index (κ2) is 38.4. The number of unbranched alkanes of at least 4 members (excludes halogenated alkanes) is 18. The van der Waals surface area contributed by atoms with Crippen molar-refractivity contribution in [2.45, 2.75) is 174 Å². The molecule has 0 bridgehead atoms. The van der Waals surface area contributed by atoms with Gasteiger partial charge in [-0.15, -0.1) is 0 Å². The molecule has 4 atom stereocenters. The van der Waals surface area contributed by atoms with E-state index < -0.39 is 24.3 Å². The van der Waals surface area contributed by atoms with Crippen LogP contribution in [0.4, 0.5) is 0 Å². The molecule has 2 N–H and O–H groups in total. The summed E-state index contributed by atoms with van der Waals surface area (Å²) in [6.07, 6.45) is 26.0. The summed E-state index contributed by atoms with van der Waals surface area (Å²) >= 11 is 0. The molecule has 1 saturated heterocycles. The second-order valence-corrected chi connectivity index (χ2v) is 11.7. The first-order valence-corrected chi connectivity index (χ1v) is 17.3. The topological polar surface area (TPSA) is 86.3 Å². The van der Waals surface area contributed by atoms with Crippen LogP contribution in [0.25, 0.3) is 0 Å². The number of carbonyl (C=O) groups excluding carboxylic acids is 1. The molecule has 1 heterocycles. The Morgan fingerprint density at radius 1 is 0.818 bits per heavy atom. The van der Waals surface area contributed by atoms with E-state index >= 15 is 0 Å². The first kappa shape index (κ1) is 49.4. The first-order valence-electron chi connectivity index (χ1n) is 17.3. The number of nitrogens with one attached hydrogen (secondary N) is 1. The van der Waals surface area contributed by atoms with E-state index in [2.05, 4.69) is 19.2 Å². The van der Waals surface area contributed by atoms with Gasteiger partial charge in [0.15, 0.2) is 0 Å². The van der Waals surface area contributed by atoms with Gasteiger partial charge in [-0.05, 0) is 12.5 Å². The van der Waals surface area contributed by atoms with Gasteiger partial charge >= 0.3 is 31.1 Å². The third-order valence-corrected chi connectivity index (χ3v) is 7.44. The van der Waals surface area contributed by atoms with E-state index in [1.807, 2.05) is 20.3 Å². The van der Waals surface area contributed by atoms with Crippen molar-refractivity contribution in [2.24, 2.45) is 0 Å². The van der Waals surface area contributed by atoms with Crippen molar-refractivity contribution in [3.8, 4) is 0 Å². The molecule has 44 heavy (non-hydrogen) atoms. The zero-order valence-electron chi connectivity index (χ0n) is 28.6.